The lowest BCUT2D eigenvalue weighted by Gasteiger charge is -1.97. The summed E-state index contributed by atoms with van der Waals surface area (Å²) in [5.41, 5.74) is 2.40. The first kappa shape index (κ1) is 10.5. The van der Waals surface area contributed by atoms with E-state index >= 15 is 0 Å². The Labute approximate surface area is 102 Å². The third kappa shape index (κ3) is 1.46. The van der Waals surface area contributed by atoms with Crippen LogP contribution in [0.15, 0.2) is 32.7 Å². The fourth-order valence-electron chi connectivity index (χ4n) is 1.75. The van der Waals surface area contributed by atoms with Crippen LogP contribution in [0.5, 0.6) is 5.88 Å². The van der Waals surface area contributed by atoms with Gasteiger partial charge in [0.25, 0.3) is 0 Å². The van der Waals surface area contributed by atoms with Crippen LogP contribution in [-0.4, -0.2) is 20.9 Å². The number of pyridine rings is 1. The quantitative estimate of drug-likeness (QED) is 0.819. The van der Waals surface area contributed by atoms with Gasteiger partial charge in [-0.15, -0.1) is 0 Å². The Morgan fingerprint density at radius 2 is 2.33 bits per heavy atom. The molecule has 0 radical (unpaired) electrons. The van der Waals surface area contributed by atoms with Crippen molar-refractivity contribution in [2.24, 2.45) is 12.0 Å². The molecule has 6 nitrogen and oxygen atoms in total. The third-order valence-corrected chi connectivity index (χ3v) is 2.75. The molecular weight excluding hydrogens is 234 g/mol. The van der Waals surface area contributed by atoms with Gasteiger partial charge in [-0.3, -0.25) is 9.98 Å². The molecule has 3 heterocycles. The summed E-state index contributed by atoms with van der Waals surface area (Å²) in [4.78, 5) is 19.4. The van der Waals surface area contributed by atoms with Gasteiger partial charge >= 0.3 is 5.76 Å². The minimum atomic E-state index is -0.607. The lowest BCUT2D eigenvalue weighted by Crippen LogP contribution is -2.07. The van der Waals surface area contributed by atoms with E-state index in [4.69, 9.17) is 4.42 Å². The van der Waals surface area contributed by atoms with E-state index in [1.54, 1.807) is 24.7 Å². The van der Waals surface area contributed by atoms with Crippen LogP contribution in [0.2, 0.25) is 0 Å². The van der Waals surface area contributed by atoms with E-state index in [2.05, 4.69) is 9.98 Å². The number of hydrogen-bond donors (Lipinski definition) is 1. The van der Waals surface area contributed by atoms with Gasteiger partial charge < -0.3 is 9.52 Å². The van der Waals surface area contributed by atoms with Crippen molar-refractivity contribution in [3.63, 3.8) is 0 Å². The van der Waals surface area contributed by atoms with Crippen LogP contribution in [0.4, 0.5) is 5.69 Å². The van der Waals surface area contributed by atoms with Crippen LogP contribution in [0.25, 0.3) is 11.6 Å². The average molecular weight is 243 g/mol. The molecule has 0 unspecified atom stereocenters. The summed E-state index contributed by atoms with van der Waals surface area (Å²) < 4.78 is 5.96. The molecule has 0 amide bonds. The van der Waals surface area contributed by atoms with Gasteiger partial charge in [-0.25, -0.2) is 9.36 Å². The normalized spacial score (nSPS) is 15.3. The highest BCUT2D eigenvalue weighted by atomic mass is 16.4. The molecule has 0 spiro atoms. The maximum Gasteiger partial charge on any atom is 0.422 e. The minimum Gasteiger partial charge on any atom is -0.492 e. The van der Waals surface area contributed by atoms with Gasteiger partial charge in [0.2, 0.25) is 5.88 Å². The number of rotatable bonds is 1. The summed E-state index contributed by atoms with van der Waals surface area (Å²) in [7, 11) is 1.43. The second kappa shape index (κ2) is 3.69. The first-order valence-corrected chi connectivity index (χ1v) is 5.26. The Balaban J connectivity index is 2.12. The van der Waals surface area contributed by atoms with E-state index in [9.17, 15) is 9.90 Å². The van der Waals surface area contributed by atoms with Crippen LogP contribution in [0.3, 0.4) is 0 Å². The molecule has 3 rings (SSSR count). The third-order valence-electron chi connectivity index (χ3n) is 2.75. The molecule has 2 aromatic heterocycles. The molecule has 90 valence electrons. The second-order valence-electron chi connectivity index (χ2n) is 3.87. The molecule has 0 bridgehead atoms. The Kier molecular flexibility index (Phi) is 2.16. The topological polar surface area (TPSA) is 80.6 Å². The maximum absolute atomic E-state index is 11.2. The number of nitrogens with zero attached hydrogens (tertiary/aromatic N) is 3. The monoisotopic (exact) mass is 243 g/mol. The first-order chi connectivity index (χ1) is 8.66. The molecule has 2 aromatic rings. The van der Waals surface area contributed by atoms with Crippen LogP contribution in [0, 0.1) is 0 Å². The summed E-state index contributed by atoms with van der Waals surface area (Å²) in [6.07, 6.45) is 6.51. The van der Waals surface area contributed by atoms with Gasteiger partial charge in [-0.1, -0.05) is 0 Å². The van der Waals surface area contributed by atoms with E-state index < -0.39 is 5.76 Å². The molecule has 1 aliphatic rings. The zero-order chi connectivity index (χ0) is 12.7. The molecule has 6 heteroatoms. The molecule has 0 saturated heterocycles. The van der Waals surface area contributed by atoms with Gasteiger partial charge in [0.15, 0.2) is 5.76 Å². The van der Waals surface area contributed by atoms with Gasteiger partial charge in [0.05, 0.1) is 11.9 Å². The lowest BCUT2D eigenvalue weighted by atomic mass is 10.1. The van der Waals surface area contributed by atoms with Gasteiger partial charge in [0, 0.05) is 30.6 Å². The maximum atomic E-state index is 11.2. The average Bonchev–Trinajstić information content (AvgIpc) is 2.89. The predicted molar refractivity (Wildman–Crippen MR) is 65.9 cm³/mol. The number of aromatic nitrogens is 2. The number of fused-ring (bicyclic) bond motifs is 1. The molecule has 0 aromatic carbocycles. The fourth-order valence-corrected chi connectivity index (χ4v) is 1.75. The highest BCUT2D eigenvalue weighted by Crippen LogP contribution is 2.32. The van der Waals surface area contributed by atoms with Gasteiger partial charge in [-0.05, 0) is 12.1 Å². The lowest BCUT2D eigenvalue weighted by molar-refractivity contribution is 0.427. The SMILES string of the molecule is Cn1c(O)c(/C=C2\C=Nc3cnccc32)oc1=O. The Hall–Kier alpha value is -2.63. The molecule has 0 atom stereocenters. The molecule has 0 saturated carbocycles. The first-order valence-electron chi connectivity index (χ1n) is 5.26. The van der Waals surface area contributed by atoms with Crippen molar-refractivity contribution in [3.8, 4) is 5.88 Å². The van der Waals surface area contributed by atoms with Crippen LogP contribution in [-0.2, 0) is 7.05 Å². The van der Waals surface area contributed by atoms with Crippen molar-refractivity contribution in [2.45, 2.75) is 0 Å². The highest BCUT2D eigenvalue weighted by molar-refractivity contribution is 6.21. The van der Waals surface area contributed by atoms with E-state index in [1.165, 1.54) is 7.05 Å². The van der Waals surface area contributed by atoms with Crippen molar-refractivity contribution in [1.29, 1.82) is 0 Å². The van der Waals surface area contributed by atoms with Crippen molar-refractivity contribution < 1.29 is 9.52 Å². The smallest absolute Gasteiger partial charge is 0.422 e. The fraction of sp³-hybridized carbons (Fsp3) is 0.0833. The Bertz CT molecular complexity index is 737. The summed E-state index contributed by atoms with van der Waals surface area (Å²) in [6, 6.07) is 1.81. The zero-order valence-corrected chi connectivity index (χ0v) is 9.49. The Morgan fingerprint density at radius 1 is 1.50 bits per heavy atom. The standard InChI is InChI=1S/C12H9N3O3/c1-15-11(16)10(18-12(15)17)4-7-5-14-9-6-13-3-2-8(7)9/h2-6,16H,1H3/b7-4+. The number of aliphatic imine (C=N–C) groups is 1. The zero-order valence-electron chi connectivity index (χ0n) is 9.49. The van der Waals surface area contributed by atoms with Gasteiger partial charge in [-0.2, -0.15) is 0 Å². The van der Waals surface area contributed by atoms with Gasteiger partial charge in [0.1, 0.15) is 0 Å². The molecule has 0 aliphatic carbocycles. The van der Waals surface area contributed by atoms with E-state index in [1.807, 2.05) is 6.07 Å². The van der Waals surface area contributed by atoms with Crippen molar-refractivity contribution in [3.05, 3.63) is 40.3 Å². The number of oxazole rings is 1. The minimum absolute atomic E-state index is 0.119. The Morgan fingerprint density at radius 3 is 3.06 bits per heavy atom. The number of aromatic hydroxyl groups is 1. The molecule has 1 aliphatic heterocycles. The van der Waals surface area contributed by atoms with Crippen molar-refractivity contribution in [2.75, 3.05) is 0 Å². The number of hydrogen-bond acceptors (Lipinski definition) is 5. The summed E-state index contributed by atoms with van der Waals surface area (Å²) in [6.45, 7) is 0. The van der Waals surface area contributed by atoms with E-state index in [0.717, 1.165) is 21.4 Å². The van der Waals surface area contributed by atoms with Crippen molar-refractivity contribution in [1.82, 2.24) is 9.55 Å². The number of allylic oxidation sites excluding steroid dienone is 1. The largest absolute Gasteiger partial charge is 0.492 e. The molecule has 18 heavy (non-hydrogen) atoms. The summed E-state index contributed by atoms with van der Waals surface area (Å²) in [5.74, 6) is -0.693. The van der Waals surface area contributed by atoms with Crippen LogP contribution < -0.4 is 5.76 Å². The van der Waals surface area contributed by atoms with E-state index in [0.29, 0.717) is 0 Å². The van der Waals surface area contributed by atoms with Crippen molar-refractivity contribution >= 4 is 23.6 Å². The highest BCUT2D eigenvalue weighted by Gasteiger charge is 2.16. The molecule has 0 fully saturated rings. The van der Waals surface area contributed by atoms with Crippen LogP contribution in [0.1, 0.15) is 11.3 Å². The summed E-state index contributed by atoms with van der Waals surface area (Å²) in [5, 5.41) is 9.69. The molecular formula is C12H9N3O3. The van der Waals surface area contributed by atoms with E-state index in [-0.39, 0.29) is 11.6 Å². The molecule has 1 N–H and O–H groups in total. The second-order valence-corrected chi connectivity index (χ2v) is 3.87. The summed E-state index contributed by atoms with van der Waals surface area (Å²) >= 11 is 0. The van der Waals surface area contributed by atoms with Crippen LogP contribution >= 0.6 is 0 Å². The predicted octanol–water partition coefficient (Wildman–Crippen LogP) is 1.34.